The molecule has 6 heteroatoms. The molecular weight excluding hydrogens is 380 g/mol. The Kier molecular flexibility index (Phi) is 8.27. The number of likely N-dealkylation sites (tertiary alicyclic amines) is 1. The van der Waals surface area contributed by atoms with E-state index in [0.717, 1.165) is 43.6 Å². The number of amides is 1. The summed E-state index contributed by atoms with van der Waals surface area (Å²) < 4.78 is 10.4. The summed E-state index contributed by atoms with van der Waals surface area (Å²) in [5.74, 6) is -0.142. The highest BCUT2D eigenvalue weighted by Crippen LogP contribution is 2.19. The smallest absolute Gasteiger partial charge is 0.337 e. The lowest BCUT2D eigenvalue weighted by molar-refractivity contribution is -0.132. The summed E-state index contributed by atoms with van der Waals surface area (Å²) in [7, 11) is 1.38. The Balaban J connectivity index is 1.34. The minimum Gasteiger partial charge on any atom is -0.465 e. The van der Waals surface area contributed by atoms with E-state index in [1.807, 2.05) is 47.4 Å². The molecule has 0 bridgehead atoms. The van der Waals surface area contributed by atoms with Crippen molar-refractivity contribution in [1.29, 1.82) is 0 Å². The summed E-state index contributed by atoms with van der Waals surface area (Å²) in [6.45, 7) is 2.68. The maximum atomic E-state index is 12.4. The first-order valence-electron chi connectivity index (χ1n) is 10.5. The zero-order valence-corrected chi connectivity index (χ0v) is 17.5. The third-order valence-electron chi connectivity index (χ3n) is 5.29. The molecule has 3 rings (SSSR count). The van der Waals surface area contributed by atoms with Gasteiger partial charge in [0.2, 0.25) is 5.91 Å². The maximum absolute atomic E-state index is 12.4. The van der Waals surface area contributed by atoms with E-state index >= 15 is 0 Å². The van der Waals surface area contributed by atoms with E-state index in [9.17, 15) is 9.59 Å². The molecule has 1 saturated heterocycles. The average molecular weight is 411 g/mol. The van der Waals surface area contributed by atoms with Crippen LogP contribution in [0.3, 0.4) is 0 Å². The van der Waals surface area contributed by atoms with Gasteiger partial charge in [-0.25, -0.2) is 4.79 Å². The number of hydrogen-bond donors (Lipinski definition) is 1. The van der Waals surface area contributed by atoms with E-state index in [4.69, 9.17) is 9.47 Å². The zero-order valence-electron chi connectivity index (χ0n) is 17.5. The number of hydrogen-bond acceptors (Lipinski definition) is 5. The zero-order chi connectivity index (χ0) is 21.2. The minimum absolute atomic E-state index is 0.199. The Hall–Kier alpha value is -2.86. The Bertz CT molecular complexity index is 817. The highest BCUT2D eigenvalue weighted by atomic mass is 16.5. The number of methoxy groups -OCH3 is 1. The van der Waals surface area contributed by atoms with Gasteiger partial charge in [-0.3, -0.25) is 4.79 Å². The van der Waals surface area contributed by atoms with E-state index in [2.05, 4.69) is 5.32 Å². The molecule has 0 radical (unpaired) electrons. The van der Waals surface area contributed by atoms with E-state index in [1.165, 1.54) is 7.11 Å². The second-order valence-corrected chi connectivity index (χ2v) is 7.51. The number of anilines is 1. The van der Waals surface area contributed by atoms with Gasteiger partial charge in [0.25, 0.3) is 0 Å². The highest BCUT2D eigenvalue weighted by Gasteiger charge is 2.22. The van der Waals surface area contributed by atoms with Crippen LogP contribution in [-0.2, 0) is 20.9 Å². The SMILES string of the molecule is COC(=O)c1cccc(NC2CCN(C(=O)CCCOCc3ccccc3)CC2)c1. The molecule has 0 atom stereocenters. The molecule has 0 unspecified atom stereocenters. The van der Waals surface area contributed by atoms with Gasteiger partial charge in [-0.1, -0.05) is 36.4 Å². The van der Waals surface area contributed by atoms with Gasteiger partial charge in [-0.2, -0.15) is 0 Å². The van der Waals surface area contributed by atoms with Crippen LogP contribution in [0.25, 0.3) is 0 Å². The van der Waals surface area contributed by atoms with Gasteiger partial charge in [-0.15, -0.1) is 0 Å². The van der Waals surface area contributed by atoms with Crippen LogP contribution in [0.4, 0.5) is 5.69 Å². The van der Waals surface area contributed by atoms with Gasteiger partial charge >= 0.3 is 5.97 Å². The number of carbonyl (C=O) groups excluding carboxylic acids is 2. The van der Waals surface area contributed by atoms with E-state index in [0.29, 0.717) is 25.2 Å². The summed E-state index contributed by atoms with van der Waals surface area (Å²) in [6.07, 6.45) is 3.04. The largest absolute Gasteiger partial charge is 0.465 e. The van der Waals surface area contributed by atoms with Crippen LogP contribution in [0.15, 0.2) is 54.6 Å². The van der Waals surface area contributed by atoms with Crippen molar-refractivity contribution in [3.8, 4) is 0 Å². The van der Waals surface area contributed by atoms with Crippen LogP contribution in [0.2, 0.25) is 0 Å². The van der Waals surface area contributed by atoms with Crippen molar-refractivity contribution in [2.24, 2.45) is 0 Å². The Morgan fingerprint density at radius 1 is 1.07 bits per heavy atom. The summed E-state index contributed by atoms with van der Waals surface area (Å²) in [6, 6.07) is 17.7. The van der Waals surface area contributed by atoms with E-state index in [1.54, 1.807) is 12.1 Å². The van der Waals surface area contributed by atoms with Gasteiger partial charge in [0.05, 0.1) is 19.3 Å². The molecule has 1 aliphatic rings. The fourth-order valence-electron chi connectivity index (χ4n) is 3.61. The monoisotopic (exact) mass is 410 g/mol. The Morgan fingerprint density at radius 3 is 2.57 bits per heavy atom. The van der Waals surface area contributed by atoms with Gasteiger partial charge in [-0.05, 0) is 43.0 Å². The third-order valence-corrected chi connectivity index (χ3v) is 5.29. The number of nitrogens with one attached hydrogen (secondary N) is 1. The molecule has 160 valence electrons. The third kappa shape index (κ3) is 6.59. The van der Waals surface area contributed by atoms with Crippen LogP contribution < -0.4 is 5.32 Å². The Labute approximate surface area is 178 Å². The molecule has 1 N–H and O–H groups in total. The first-order chi connectivity index (χ1) is 14.7. The quantitative estimate of drug-likeness (QED) is 0.502. The van der Waals surface area contributed by atoms with Crippen molar-refractivity contribution >= 4 is 17.6 Å². The number of ether oxygens (including phenoxy) is 2. The first kappa shape index (κ1) is 21.8. The second kappa shape index (κ2) is 11.4. The molecule has 0 aromatic heterocycles. The number of esters is 1. The normalized spacial score (nSPS) is 14.4. The molecule has 1 heterocycles. The van der Waals surface area contributed by atoms with Crippen molar-refractivity contribution in [2.45, 2.75) is 38.3 Å². The molecule has 1 fully saturated rings. The summed E-state index contributed by atoms with van der Waals surface area (Å²) >= 11 is 0. The van der Waals surface area contributed by atoms with Crippen molar-refractivity contribution in [3.05, 3.63) is 65.7 Å². The van der Waals surface area contributed by atoms with E-state index < -0.39 is 0 Å². The van der Waals surface area contributed by atoms with Gasteiger partial charge in [0.15, 0.2) is 0 Å². The van der Waals surface area contributed by atoms with Crippen molar-refractivity contribution in [1.82, 2.24) is 4.90 Å². The van der Waals surface area contributed by atoms with Crippen molar-refractivity contribution < 1.29 is 19.1 Å². The van der Waals surface area contributed by atoms with Crippen molar-refractivity contribution in [3.63, 3.8) is 0 Å². The average Bonchev–Trinajstić information content (AvgIpc) is 2.79. The number of benzene rings is 2. The molecule has 2 aromatic rings. The fraction of sp³-hybridized carbons (Fsp3) is 0.417. The van der Waals surface area contributed by atoms with Crippen LogP contribution in [0.1, 0.15) is 41.6 Å². The van der Waals surface area contributed by atoms with Crippen LogP contribution >= 0.6 is 0 Å². The second-order valence-electron chi connectivity index (χ2n) is 7.51. The minimum atomic E-state index is -0.341. The standard InChI is InChI=1S/C24H30N2O4/c1-29-24(28)20-9-5-10-22(17-20)25-21-12-14-26(15-13-21)23(27)11-6-16-30-18-19-7-3-2-4-8-19/h2-5,7-10,17,21,25H,6,11-16,18H2,1H3. The number of piperidine rings is 1. The van der Waals surface area contributed by atoms with Gasteiger partial charge in [0, 0.05) is 37.8 Å². The van der Waals surface area contributed by atoms with Gasteiger partial charge < -0.3 is 19.7 Å². The number of carbonyl (C=O) groups is 2. The number of rotatable bonds is 9. The van der Waals surface area contributed by atoms with Crippen LogP contribution in [0, 0.1) is 0 Å². The summed E-state index contributed by atoms with van der Waals surface area (Å²) in [5, 5.41) is 3.47. The lowest BCUT2D eigenvalue weighted by atomic mass is 10.0. The summed E-state index contributed by atoms with van der Waals surface area (Å²) in [5.41, 5.74) is 2.58. The first-order valence-corrected chi connectivity index (χ1v) is 10.5. The molecular formula is C24H30N2O4. The maximum Gasteiger partial charge on any atom is 0.337 e. The molecule has 1 amide bonds. The number of nitrogens with zero attached hydrogens (tertiary/aromatic N) is 1. The molecule has 0 aliphatic carbocycles. The lowest BCUT2D eigenvalue weighted by Gasteiger charge is -2.33. The lowest BCUT2D eigenvalue weighted by Crippen LogP contribution is -2.42. The predicted molar refractivity (Wildman–Crippen MR) is 116 cm³/mol. The molecule has 6 nitrogen and oxygen atoms in total. The summed E-state index contributed by atoms with van der Waals surface area (Å²) in [4.78, 5) is 26.1. The fourth-order valence-corrected chi connectivity index (χ4v) is 3.61. The molecule has 2 aromatic carbocycles. The van der Waals surface area contributed by atoms with Crippen molar-refractivity contribution in [2.75, 3.05) is 32.1 Å². The molecule has 30 heavy (non-hydrogen) atoms. The molecule has 1 aliphatic heterocycles. The van der Waals surface area contributed by atoms with E-state index in [-0.39, 0.29) is 17.9 Å². The van der Waals surface area contributed by atoms with Crippen LogP contribution in [-0.4, -0.2) is 49.6 Å². The van der Waals surface area contributed by atoms with Gasteiger partial charge in [0.1, 0.15) is 0 Å². The van der Waals surface area contributed by atoms with Crippen LogP contribution in [0.5, 0.6) is 0 Å². The predicted octanol–water partition coefficient (Wildman–Crippen LogP) is 3.87. The Morgan fingerprint density at radius 2 is 1.83 bits per heavy atom. The topological polar surface area (TPSA) is 67.9 Å². The molecule has 0 spiro atoms. The highest BCUT2D eigenvalue weighted by molar-refractivity contribution is 5.90. The molecule has 0 saturated carbocycles.